The predicted molar refractivity (Wildman–Crippen MR) is 115 cm³/mol. The van der Waals surface area contributed by atoms with Crippen molar-refractivity contribution in [3.05, 3.63) is 69.5 Å². The Balaban J connectivity index is 1.60. The van der Waals surface area contributed by atoms with Crippen LogP contribution < -0.4 is 5.32 Å². The molecule has 0 spiro atoms. The van der Waals surface area contributed by atoms with Crippen LogP contribution in [0.1, 0.15) is 24.5 Å². The Labute approximate surface area is 174 Å². The van der Waals surface area contributed by atoms with E-state index in [9.17, 15) is 4.79 Å². The molecule has 0 saturated carbocycles. The van der Waals surface area contributed by atoms with E-state index in [0.717, 1.165) is 22.0 Å². The van der Waals surface area contributed by atoms with Crippen LogP contribution in [0.5, 0.6) is 0 Å². The summed E-state index contributed by atoms with van der Waals surface area (Å²) in [5.41, 5.74) is 3.16. The second-order valence-electron chi connectivity index (χ2n) is 6.88. The number of nitrogens with zero attached hydrogens (tertiary/aromatic N) is 2. The lowest BCUT2D eigenvalue weighted by molar-refractivity contribution is -0.121. The number of H-pyrrole nitrogens is 1. The van der Waals surface area contributed by atoms with Gasteiger partial charge in [0.15, 0.2) is 10.6 Å². The number of rotatable bonds is 7. The SMILES string of the molecule is Cc1ccc(-c2n[nH]c(=S)n2CCC(=O)N[C@@H](C)Cc2ccccc2Cl)cc1. The fourth-order valence-electron chi connectivity index (χ4n) is 3.05. The van der Waals surface area contributed by atoms with Crippen LogP contribution in [0.15, 0.2) is 48.5 Å². The van der Waals surface area contributed by atoms with E-state index in [1.807, 2.05) is 66.9 Å². The Hall–Kier alpha value is -2.44. The van der Waals surface area contributed by atoms with E-state index in [1.165, 1.54) is 5.56 Å². The summed E-state index contributed by atoms with van der Waals surface area (Å²) in [7, 11) is 0. The van der Waals surface area contributed by atoms with Crippen molar-refractivity contribution in [3.63, 3.8) is 0 Å². The number of nitrogens with one attached hydrogen (secondary N) is 2. The fourth-order valence-corrected chi connectivity index (χ4v) is 3.49. The van der Waals surface area contributed by atoms with Crippen molar-refractivity contribution < 1.29 is 4.79 Å². The molecule has 28 heavy (non-hydrogen) atoms. The quantitative estimate of drug-likeness (QED) is 0.550. The van der Waals surface area contributed by atoms with Crippen LogP contribution >= 0.6 is 23.8 Å². The zero-order valence-corrected chi connectivity index (χ0v) is 17.5. The van der Waals surface area contributed by atoms with Crippen molar-refractivity contribution in [1.29, 1.82) is 0 Å². The average Bonchev–Trinajstić information content (AvgIpc) is 3.03. The highest BCUT2D eigenvalue weighted by Gasteiger charge is 2.13. The molecule has 1 aromatic heterocycles. The zero-order chi connectivity index (χ0) is 20.1. The molecule has 7 heteroatoms. The van der Waals surface area contributed by atoms with E-state index in [-0.39, 0.29) is 11.9 Å². The minimum atomic E-state index is -0.0301. The smallest absolute Gasteiger partial charge is 0.222 e. The number of amides is 1. The van der Waals surface area contributed by atoms with Gasteiger partial charge in [0.1, 0.15) is 0 Å². The maximum atomic E-state index is 12.4. The van der Waals surface area contributed by atoms with Crippen LogP contribution in [0.4, 0.5) is 0 Å². The van der Waals surface area contributed by atoms with Gasteiger partial charge in [-0.05, 0) is 44.1 Å². The lowest BCUT2D eigenvalue weighted by Crippen LogP contribution is -2.34. The Morgan fingerprint density at radius 2 is 1.96 bits per heavy atom. The van der Waals surface area contributed by atoms with E-state index in [2.05, 4.69) is 15.5 Å². The van der Waals surface area contributed by atoms with Crippen molar-refractivity contribution in [2.45, 2.75) is 39.3 Å². The fraction of sp³-hybridized carbons (Fsp3) is 0.286. The first-order valence-electron chi connectivity index (χ1n) is 9.19. The molecule has 2 N–H and O–H groups in total. The maximum Gasteiger partial charge on any atom is 0.222 e. The number of aromatic nitrogens is 3. The van der Waals surface area contributed by atoms with Crippen LogP contribution in [0.3, 0.4) is 0 Å². The molecular formula is C21H23ClN4OS. The molecule has 0 aliphatic carbocycles. The van der Waals surface area contributed by atoms with E-state index >= 15 is 0 Å². The molecule has 0 radical (unpaired) electrons. The second-order valence-corrected chi connectivity index (χ2v) is 7.68. The molecule has 0 fully saturated rings. The summed E-state index contributed by atoms with van der Waals surface area (Å²) in [5.74, 6) is 0.708. The number of halogens is 1. The first-order chi connectivity index (χ1) is 13.4. The normalized spacial score (nSPS) is 12.0. The van der Waals surface area contributed by atoms with Crippen LogP contribution in [0.2, 0.25) is 5.02 Å². The summed E-state index contributed by atoms with van der Waals surface area (Å²) in [4.78, 5) is 12.4. The van der Waals surface area contributed by atoms with Gasteiger partial charge in [-0.25, -0.2) is 0 Å². The highest BCUT2D eigenvalue weighted by Crippen LogP contribution is 2.19. The van der Waals surface area contributed by atoms with Crippen LogP contribution in [-0.2, 0) is 17.8 Å². The monoisotopic (exact) mass is 414 g/mol. The molecule has 146 valence electrons. The third-order valence-corrected chi connectivity index (χ3v) is 5.20. The molecule has 1 atom stereocenters. The first-order valence-corrected chi connectivity index (χ1v) is 9.97. The summed E-state index contributed by atoms with van der Waals surface area (Å²) in [6.07, 6.45) is 1.00. The highest BCUT2D eigenvalue weighted by molar-refractivity contribution is 7.71. The molecule has 1 amide bonds. The molecule has 0 unspecified atom stereocenters. The van der Waals surface area contributed by atoms with E-state index < -0.39 is 0 Å². The Bertz CT molecular complexity index is 1010. The van der Waals surface area contributed by atoms with Gasteiger partial charge in [-0.2, -0.15) is 5.10 Å². The minimum absolute atomic E-state index is 0.0127. The van der Waals surface area contributed by atoms with E-state index in [0.29, 0.717) is 24.2 Å². The van der Waals surface area contributed by atoms with Gasteiger partial charge < -0.3 is 5.32 Å². The zero-order valence-electron chi connectivity index (χ0n) is 15.9. The van der Waals surface area contributed by atoms with Gasteiger partial charge in [0.25, 0.3) is 0 Å². The van der Waals surface area contributed by atoms with Crippen LogP contribution in [0, 0.1) is 11.7 Å². The number of hydrogen-bond acceptors (Lipinski definition) is 3. The van der Waals surface area contributed by atoms with Gasteiger partial charge in [0.05, 0.1) is 0 Å². The van der Waals surface area contributed by atoms with Gasteiger partial charge in [0.2, 0.25) is 5.91 Å². The number of aryl methyl sites for hydroxylation is 1. The number of carbonyl (C=O) groups is 1. The summed E-state index contributed by atoms with van der Waals surface area (Å²) in [6.45, 7) is 4.47. The Morgan fingerprint density at radius 3 is 2.68 bits per heavy atom. The van der Waals surface area contributed by atoms with Gasteiger partial charge in [-0.3, -0.25) is 14.5 Å². The Morgan fingerprint density at radius 1 is 1.25 bits per heavy atom. The largest absolute Gasteiger partial charge is 0.353 e. The molecule has 3 rings (SSSR count). The van der Waals surface area contributed by atoms with Gasteiger partial charge in [-0.15, -0.1) is 0 Å². The van der Waals surface area contributed by atoms with Crippen molar-refractivity contribution in [2.24, 2.45) is 0 Å². The van der Waals surface area contributed by atoms with Crippen molar-refractivity contribution in [2.75, 3.05) is 0 Å². The second kappa shape index (κ2) is 9.17. The third kappa shape index (κ3) is 5.09. The summed E-state index contributed by atoms with van der Waals surface area (Å²) in [5, 5.41) is 10.9. The van der Waals surface area contributed by atoms with E-state index in [1.54, 1.807) is 0 Å². The third-order valence-electron chi connectivity index (χ3n) is 4.52. The summed E-state index contributed by atoms with van der Waals surface area (Å²) in [6, 6.07) is 15.7. The standard InChI is InChI=1S/C21H23ClN4OS/c1-14-7-9-16(10-8-14)20-24-25-21(28)26(20)12-11-19(27)23-15(2)13-17-5-3-4-6-18(17)22/h3-10,15H,11-13H2,1-2H3,(H,23,27)(H,25,28)/t15-/m0/s1. The highest BCUT2D eigenvalue weighted by atomic mass is 35.5. The lowest BCUT2D eigenvalue weighted by atomic mass is 10.1. The number of benzene rings is 2. The Kier molecular flexibility index (Phi) is 6.65. The molecule has 5 nitrogen and oxygen atoms in total. The molecule has 0 aliphatic heterocycles. The van der Waals surface area contributed by atoms with Gasteiger partial charge >= 0.3 is 0 Å². The predicted octanol–water partition coefficient (Wildman–Crippen LogP) is 4.71. The van der Waals surface area contributed by atoms with Gasteiger partial charge in [0, 0.05) is 29.6 Å². The molecule has 3 aromatic rings. The van der Waals surface area contributed by atoms with Crippen LogP contribution in [0.25, 0.3) is 11.4 Å². The molecule has 2 aromatic carbocycles. The van der Waals surface area contributed by atoms with Crippen molar-refractivity contribution in [1.82, 2.24) is 20.1 Å². The van der Waals surface area contributed by atoms with Crippen molar-refractivity contribution >= 4 is 29.7 Å². The van der Waals surface area contributed by atoms with E-state index in [4.69, 9.17) is 23.8 Å². The van der Waals surface area contributed by atoms with Crippen LogP contribution in [-0.4, -0.2) is 26.7 Å². The average molecular weight is 415 g/mol. The summed E-state index contributed by atoms with van der Waals surface area (Å²) < 4.78 is 2.37. The maximum absolute atomic E-state index is 12.4. The van der Waals surface area contributed by atoms with Crippen molar-refractivity contribution in [3.8, 4) is 11.4 Å². The molecule has 0 saturated heterocycles. The molecular weight excluding hydrogens is 392 g/mol. The number of hydrogen-bond donors (Lipinski definition) is 2. The van der Waals surface area contributed by atoms with Gasteiger partial charge in [-0.1, -0.05) is 59.6 Å². The summed E-state index contributed by atoms with van der Waals surface area (Å²) >= 11 is 11.5. The number of carbonyl (C=O) groups excluding carboxylic acids is 1. The lowest BCUT2D eigenvalue weighted by Gasteiger charge is -2.15. The molecule has 1 heterocycles. The topological polar surface area (TPSA) is 62.7 Å². The number of aromatic amines is 1. The molecule has 0 aliphatic rings. The minimum Gasteiger partial charge on any atom is -0.353 e. The molecule has 0 bridgehead atoms. The first kappa shape index (κ1) is 20.3.